The van der Waals surface area contributed by atoms with Crippen LogP contribution in [0.3, 0.4) is 0 Å². The predicted molar refractivity (Wildman–Crippen MR) is 127 cm³/mol. The quantitative estimate of drug-likeness (QED) is 0.269. The van der Waals surface area contributed by atoms with E-state index in [1.807, 2.05) is 35.8 Å². The lowest BCUT2D eigenvalue weighted by Crippen LogP contribution is -2.31. The summed E-state index contributed by atoms with van der Waals surface area (Å²) in [6.07, 6.45) is 2.73. The fourth-order valence-electron chi connectivity index (χ4n) is 3.07. The zero-order valence-electron chi connectivity index (χ0n) is 16.9. The van der Waals surface area contributed by atoms with E-state index in [-0.39, 0.29) is 29.5 Å². The number of nitrogens with one attached hydrogen (secondary N) is 2. The van der Waals surface area contributed by atoms with Gasteiger partial charge in [0, 0.05) is 50.1 Å². The summed E-state index contributed by atoms with van der Waals surface area (Å²) in [6, 6.07) is 11.2. The molecule has 8 heteroatoms. The van der Waals surface area contributed by atoms with Crippen LogP contribution in [0.25, 0.3) is 0 Å². The second kappa shape index (κ2) is 11.7. The number of aliphatic imine (C=N–C) groups is 1. The van der Waals surface area contributed by atoms with E-state index >= 15 is 0 Å². The Bertz CT molecular complexity index is 882. The van der Waals surface area contributed by atoms with Crippen molar-refractivity contribution in [3.8, 4) is 11.5 Å². The van der Waals surface area contributed by atoms with Crippen LogP contribution in [0, 0.1) is 6.92 Å². The Morgan fingerprint density at radius 1 is 1.14 bits per heavy atom. The number of pyridine rings is 1. The van der Waals surface area contributed by atoms with Gasteiger partial charge in [0.2, 0.25) is 0 Å². The average molecular weight is 512 g/mol. The van der Waals surface area contributed by atoms with Crippen LogP contribution in [0.2, 0.25) is 0 Å². The summed E-state index contributed by atoms with van der Waals surface area (Å²) in [6.45, 7) is 4.79. The lowest BCUT2D eigenvalue weighted by molar-refractivity contribution is 0.297. The fraction of sp³-hybridized carbons (Fsp3) is 0.429. The maximum absolute atomic E-state index is 11.9. The number of aromatic nitrogens is 1. The van der Waals surface area contributed by atoms with Gasteiger partial charge < -0.3 is 24.7 Å². The van der Waals surface area contributed by atoms with E-state index in [2.05, 4.69) is 15.6 Å². The van der Waals surface area contributed by atoms with E-state index in [1.165, 1.54) is 0 Å². The van der Waals surface area contributed by atoms with E-state index in [9.17, 15) is 4.79 Å². The Morgan fingerprint density at radius 3 is 2.69 bits per heavy atom. The van der Waals surface area contributed by atoms with Crippen molar-refractivity contribution in [1.82, 2.24) is 9.88 Å². The maximum atomic E-state index is 11.9. The summed E-state index contributed by atoms with van der Waals surface area (Å²) in [5.74, 6) is 2.22. The number of benzene rings is 1. The van der Waals surface area contributed by atoms with Gasteiger partial charge in [0.15, 0.2) is 17.5 Å². The number of rotatable bonds is 6. The van der Waals surface area contributed by atoms with Crippen molar-refractivity contribution in [3.05, 3.63) is 52.4 Å². The van der Waals surface area contributed by atoms with Crippen LogP contribution in [0.5, 0.6) is 11.5 Å². The van der Waals surface area contributed by atoms with Crippen LogP contribution in [0.15, 0.2) is 46.2 Å². The Hall–Kier alpha value is -2.23. The van der Waals surface area contributed by atoms with Gasteiger partial charge >= 0.3 is 0 Å². The summed E-state index contributed by atoms with van der Waals surface area (Å²) in [5, 5.41) is 6.58. The molecule has 1 aliphatic rings. The van der Waals surface area contributed by atoms with Crippen LogP contribution in [-0.2, 0) is 6.54 Å². The number of hydrogen-bond donors (Lipinski definition) is 2. The number of guanidine groups is 1. The molecule has 0 unspecified atom stereocenters. The molecule has 0 atom stereocenters. The molecule has 1 aromatic carbocycles. The summed E-state index contributed by atoms with van der Waals surface area (Å²) in [5.41, 5.74) is 1.94. The van der Waals surface area contributed by atoms with E-state index in [0.29, 0.717) is 19.2 Å². The zero-order valence-corrected chi connectivity index (χ0v) is 19.3. The Morgan fingerprint density at radius 2 is 1.93 bits per heavy atom. The fourth-order valence-corrected chi connectivity index (χ4v) is 3.07. The van der Waals surface area contributed by atoms with Gasteiger partial charge in [-0.25, -0.2) is 0 Å². The van der Waals surface area contributed by atoms with Gasteiger partial charge in [-0.3, -0.25) is 9.79 Å². The standard InChI is InChI=1S/C21H28N4O3.HI/c1-16-7-5-8-20(26)25(16)12-4-3-11-23-21(22-2)24-17-9-10-18-19(15-17)28-14-6-13-27-18;/h5,7-10,15H,3-4,6,11-14H2,1-2H3,(H2,22,23,24);1H. The summed E-state index contributed by atoms with van der Waals surface area (Å²) < 4.78 is 13.2. The third-order valence-electron chi connectivity index (χ3n) is 4.60. The minimum Gasteiger partial charge on any atom is -0.490 e. The predicted octanol–water partition coefficient (Wildman–Crippen LogP) is 3.40. The smallest absolute Gasteiger partial charge is 0.250 e. The molecule has 3 rings (SSSR count). The zero-order chi connectivity index (χ0) is 19.8. The topological polar surface area (TPSA) is 76.9 Å². The first-order valence-corrected chi connectivity index (χ1v) is 9.71. The molecule has 2 heterocycles. The molecule has 29 heavy (non-hydrogen) atoms. The number of hydrogen-bond acceptors (Lipinski definition) is 4. The normalized spacial score (nSPS) is 13.2. The van der Waals surface area contributed by atoms with Crippen LogP contribution < -0.4 is 25.7 Å². The number of fused-ring (bicyclic) bond motifs is 1. The van der Waals surface area contributed by atoms with Gasteiger partial charge in [0.05, 0.1) is 13.2 Å². The van der Waals surface area contributed by atoms with Crippen LogP contribution in [0.4, 0.5) is 5.69 Å². The van der Waals surface area contributed by atoms with Gasteiger partial charge in [0.1, 0.15) is 0 Å². The summed E-state index contributed by atoms with van der Waals surface area (Å²) in [4.78, 5) is 16.1. The second-order valence-electron chi connectivity index (χ2n) is 6.70. The number of nitrogens with zero attached hydrogens (tertiary/aromatic N) is 2. The number of ether oxygens (including phenoxy) is 2. The molecule has 0 bridgehead atoms. The minimum atomic E-state index is 0. The number of anilines is 1. The van der Waals surface area contributed by atoms with E-state index < -0.39 is 0 Å². The third kappa shape index (κ3) is 6.66. The van der Waals surface area contributed by atoms with Crippen molar-refractivity contribution in [1.29, 1.82) is 0 Å². The second-order valence-corrected chi connectivity index (χ2v) is 6.70. The Labute approximate surface area is 188 Å². The molecule has 0 aliphatic carbocycles. The Kier molecular flexibility index (Phi) is 9.30. The molecule has 0 spiro atoms. The van der Waals surface area contributed by atoms with Crippen LogP contribution >= 0.6 is 24.0 Å². The van der Waals surface area contributed by atoms with E-state index in [4.69, 9.17) is 9.47 Å². The van der Waals surface area contributed by atoms with Crippen LogP contribution in [-0.4, -0.2) is 37.3 Å². The summed E-state index contributed by atoms with van der Waals surface area (Å²) in [7, 11) is 1.74. The van der Waals surface area contributed by atoms with Gasteiger partial charge in [0.25, 0.3) is 5.56 Å². The lowest BCUT2D eigenvalue weighted by atomic mass is 10.2. The first-order valence-electron chi connectivity index (χ1n) is 9.71. The SMILES string of the molecule is CN=C(NCCCCn1c(C)cccc1=O)Nc1ccc2c(c1)OCCCO2.I. The molecular weight excluding hydrogens is 483 g/mol. The first kappa shape index (κ1) is 23.1. The molecular formula is C21H29IN4O3. The minimum absolute atomic E-state index is 0. The molecule has 0 fully saturated rings. The molecule has 158 valence electrons. The van der Waals surface area contributed by atoms with Crippen molar-refractivity contribution in [3.63, 3.8) is 0 Å². The van der Waals surface area contributed by atoms with Gasteiger partial charge in [-0.1, -0.05) is 6.07 Å². The number of unbranched alkanes of at least 4 members (excludes halogenated alkanes) is 1. The van der Waals surface area contributed by atoms with Gasteiger partial charge in [-0.05, 0) is 38.0 Å². The third-order valence-corrected chi connectivity index (χ3v) is 4.60. The molecule has 0 amide bonds. The highest BCUT2D eigenvalue weighted by atomic mass is 127. The molecule has 2 aromatic rings. The molecule has 0 saturated carbocycles. The maximum Gasteiger partial charge on any atom is 0.250 e. The van der Waals surface area contributed by atoms with Crippen molar-refractivity contribution in [2.75, 3.05) is 32.1 Å². The highest BCUT2D eigenvalue weighted by Crippen LogP contribution is 2.32. The van der Waals surface area contributed by atoms with Crippen molar-refractivity contribution in [2.45, 2.75) is 32.7 Å². The highest BCUT2D eigenvalue weighted by molar-refractivity contribution is 14.0. The average Bonchev–Trinajstić information content (AvgIpc) is 2.93. The van der Waals surface area contributed by atoms with E-state index in [1.54, 1.807) is 19.2 Å². The lowest BCUT2D eigenvalue weighted by Gasteiger charge is -2.14. The molecule has 1 aliphatic heterocycles. The first-order chi connectivity index (χ1) is 13.7. The van der Waals surface area contributed by atoms with Crippen molar-refractivity contribution < 1.29 is 9.47 Å². The molecule has 7 nitrogen and oxygen atoms in total. The molecule has 0 saturated heterocycles. The Balaban J connectivity index is 0.00000300. The van der Waals surface area contributed by atoms with E-state index in [0.717, 1.165) is 55.2 Å². The van der Waals surface area contributed by atoms with Gasteiger partial charge in [-0.2, -0.15) is 0 Å². The number of halogens is 1. The highest BCUT2D eigenvalue weighted by Gasteiger charge is 2.11. The molecule has 2 N–H and O–H groups in total. The molecule has 0 radical (unpaired) electrons. The van der Waals surface area contributed by atoms with Crippen molar-refractivity contribution in [2.24, 2.45) is 4.99 Å². The summed E-state index contributed by atoms with van der Waals surface area (Å²) >= 11 is 0. The van der Waals surface area contributed by atoms with Crippen LogP contribution in [0.1, 0.15) is 25.0 Å². The molecule has 1 aromatic heterocycles. The monoisotopic (exact) mass is 512 g/mol. The van der Waals surface area contributed by atoms with Gasteiger partial charge in [-0.15, -0.1) is 24.0 Å². The number of aryl methyl sites for hydroxylation is 1. The van der Waals surface area contributed by atoms with Crippen molar-refractivity contribution >= 4 is 35.6 Å². The largest absolute Gasteiger partial charge is 0.490 e.